The third-order valence-electron chi connectivity index (χ3n) is 8.93. The van der Waals surface area contributed by atoms with Crippen molar-refractivity contribution in [3.05, 3.63) is 0 Å². The fourth-order valence-electron chi connectivity index (χ4n) is 7.54. The summed E-state index contributed by atoms with van der Waals surface area (Å²) in [5.74, 6) is 2.21. The quantitative estimate of drug-likeness (QED) is 0.642. The van der Waals surface area contributed by atoms with Crippen molar-refractivity contribution >= 4 is 0 Å². The molecule has 4 fully saturated rings. The summed E-state index contributed by atoms with van der Waals surface area (Å²) in [6.07, 6.45) is 6.44. The van der Waals surface area contributed by atoms with E-state index in [-0.39, 0.29) is 29.1 Å². The highest BCUT2D eigenvalue weighted by Crippen LogP contribution is 2.66. The summed E-state index contributed by atoms with van der Waals surface area (Å²) in [5.41, 5.74) is 0.278. The van der Waals surface area contributed by atoms with Gasteiger partial charge in [0.05, 0.1) is 18.3 Å². The van der Waals surface area contributed by atoms with E-state index in [1.165, 1.54) is 0 Å². The standard InChI is InChI=1S/C20H34O3/c1-11-8-15-17-14(5-7-20(15,3)18(11)23)19(2)6-4-13(21)9-12(19)10-16(17)22/h11-18,21-23H,4-10H2,1-3H3/t11-,12-,13-,14+,15+,16+,17-,18+,19+,20+/m1/s1. The van der Waals surface area contributed by atoms with Gasteiger partial charge in [0, 0.05) is 0 Å². The van der Waals surface area contributed by atoms with Crippen LogP contribution in [0.25, 0.3) is 0 Å². The molecule has 0 aromatic carbocycles. The largest absolute Gasteiger partial charge is 0.393 e. The van der Waals surface area contributed by atoms with Crippen molar-refractivity contribution in [2.24, 2.45) is 40.4 Å². The average molecular weight is 322 g/mol. The molecule has 132 valence electrons. The summed E-state index contributed by atoms with van der Waals surface area (Å²) >= 11 is 0. The molecule has 0 saturated heterocycles. The Hall–Kier alpha value is -0.120. The van der Waals surface area contributed by atoms with Crippen molar-refractivity contribution in [3.63, 3.8) is 0 Å². The van der Waals surface area contributed by atoms with E-state index in [0.717, 1.165) is 44.9 Å². The monoisotopic (exact) mass is 322 g/mol. The van der Waals surface area contributed by atoms with E-state index in [1.807, 2.05) is 0 Å². The summed E-state index contributed by atoms with van der Waals surface area (Å²) in [6, 6.07) is 0. The number of fused-ring (bicyclic) bond motifs is 5. The zero-order valence-electron chi connectivity index (χ0n) is 14.9. The Kier molecular flexibility index (Phi) is 3.69. The van der Waals surface area contributed by atoms with Gasteiger partial charge in [-0.05, 0) is 85.4 Å². The van der Waals surface area contributed by atoms with Crippen LogP contribution in [0.15, 0.2) is 0 Å². The van der Waals surface area contributed by atoms with Gasteiger partial charge in [-0.2, -0.15) is 0 Å². The molecule has 0 heterocycles. The van der Waals surface area contributed by atoms with Gasteiger partial charge in [0.2, 0.25) is 0 Å². The van der Waals surface area contributed by atoms with Gasteiger partial charge in [-0.3, -0.25) is 0 Å². The molecular weight excluding hydrogens is 288 g/mol. The number of hydrogen-bond acceptors (Lipinski definition) is 3. The highest BCUT2D eigenvalue weighted by atomic mass is 16.3. The van der Waals surface area contributed by atoms with Crippen molar-refractivity contribution in [2.75, 3.05) is 0 Å². The summed E-state index contributed by atoms with van der Waals surface area (Å²) in [6.45, 7) is 6.89. The topological polar surface area (TPSA) is 60.7 Å². The Bertz CT molecular complexity index is 480. The van der Waals surface area contributed by atoms with Gasteiger partial charge < -0.3 is 15.3 Å². The fourth-order valence-corrected chi connectivity index (χ4v) is 7.54. The van der Waals surface area contributed by atoms with Crippen molar-refractivity contribution < 1.29 is 15.3 Å². The second kappa shape index (κ2) is 5.19. The minimum Gasteiger partial charge on any atom is -0.393 e. The zero-order chi connectivity index (χ0) is 16.6. The van der Waals surface area contributed by atoms with Crippen LogP contribution >= 0.6 is 0 Å². The van der Waals surface area contributed by atoms with Crippen LogP contribution in [-0.2, 0) is 0 Å². The first-order valence-electron chi connectivity index (χ1n) is 9.81. The van der Waals surface area contributed by atoms with E-state index in [4.69, 9.17) is 0 Å². The van der Waals surface area contributed by atoms with E-state index >= 15 is 0 Å². The molecule has 0 radical (unpaired) electrons. The maximum absolute atomic E-state index is 11.0. The molecule has 4 aliphatic carbocycles. The van der Waals surface area contributed by atoms with Gasteiger partial charge in [-0.15, -0.1) is 0 Å². The Morgan fingerprint density at radius 2 is 1.52 bits per heavy atom. The van der Waals surface area contributed by atoms with Crippen LogP contribution in [0.3, 0.4) is 0 Å². The summed E-state index contributed by atoms with van der Waals surface area (Å²) < 4.78 is 0. The predicted octanol–water partition coefficient (Wildman–Crippen LogP) is 2.97. The molecule has 3 heteroatoms. The summed E-state index contributed by atoms with van der Waals surface area (Å²) in [7, 11) is 0. The number of rotatable bonds is 0. The highest BCUT2D eigenvalue weighted by Gasteiger charge is 2.63. The first-order chi connectivity index (χ1) is 10.8. The van der Waals surface area contributed by atoms with Crippen molar-refractivity contribution in [1.29, 1.82) is 0 Å². The van der Waals surface area contributed by atoms with Crippen LogP contribution in [0.4, 0.5) is 0 Å². The Morgan fingerprint density at radius 3 is 2.26 bits per heavy atom. The molecule has 3 nitrogen and oxygen atoms in total. The van der Waals surface area contributed by atoms with E-state index in [2.05, 4.69) is 20.8 Å². The lowest BCUT2D eigenvalue weighted by Gasteiger charge is -2.61. The third-order valence-corrected chi connectivity index (χ3v) is 8.93. The van der Waals surface area contributed by atoms with Crippen LogP contribution in [0.2, 0.25) is 0 Å². The third kappa shape index (κ3) is 2.12. The van der Waals surface area contributed by atoms with E-state index in [9.17, 15) is 15.3 Å². The molecule has 10 atom stereocenters. The summed E-state index contributed by atoms with van der Waals surface area (Å²) in [4.78, 5) is 0. The first kappa shape index (κ1) is 16.4. The smallest absolute Gasteiger partial charge is 0.0622 e. The molecule has 4 saturated carbocycles. The van der Waals surface area contributed by atoms with Crippen LogP contribution in [0.1, 0.15) is 65.7 Å². The molecule has 0 amide bonds. The van der Waals surface area contributed by atoms with Gasteiger partial charge in [-0.25, -0.2) is 0 Å². The summed E-state index contributed by atoms with van der Waals surface area (Å²) in [5, 5.41) is 31.9. The van der Waals surface area contributed by atoms with Gasteiger partial charge >= 0.3 is 0 Å². The average Bonchev–Trinajstić information content (AvgIpc) is 2.73. The van der Waals surface area contributed by atoms with E-state index in [0.29, 0.717) is 29.6 Å². The number of aliphatic hydroxyl groups is 3. The molecule has 0 aromatic heterocycles. The van der Waals surface area contributed by atoms with Crippen LogP contribution in [0, 0.1) is 40.4 Å². The molecule has 0 aromatic rings. The van der Waals surface area contributed by atoms with Gasteiger partial charge in [0.15, 0.2) is 0 Å². The maximum Gasteiger partial charge on any atom is 0.0622 e. The minimum atomic E-state index is -0.245. The normalized spacial score (nSPS) is 62.3. The maximum atomic E-state index is 11.0. The fraction of sp³-hybridized carbons (Fsp3) is 1.00. The van der Waals surface area contributed by atoms with Crippen molar-refractivity contribution in [3.8, 4) is 0 Å². The van der Waals surface area contributed by atoms with Crippen LogP contribution < -0.4 is 0 Å². The molecule has 0 spiro atoms. The van der Waals surface area contributed by atoms with E-state index in [1.54, 1.807) is 0 Å². The Labute approximate surface area is 140 Å². The predicted molar refractivity (Wildman–Crippen MR) is 89.7 cm³/mol. The Balaban J connectivity index is 1.68. The first-order valence-corrected chi connectivity index (χ1v) is 9.81. The number of aliphatic hydroxyl groups excluding tert-OH is 3. The van der Waals surface area contributed by atoms with Gasteiger partial charge in [0.25, 0.3) is 0 Å². The Morgan fingerprint density at radius 1 is 0.826 bits per heavy atom. The van der Waals surface area contributed by atoms with Crippen molar-refractivity contribution in [2.45, 2.75) is 84.0 Å². The van der Waals surface area contributed by atoms with Crippen LogP contribution in [-0.4, -0.2) is 33.6 Å². The lowest BCUT2D eigenvalue weighted by Crippen LogP contribution is -2.58. The molecular formula is C20H34O3. The lowest BCUT2D eigenvalue weighted by molar-refractivity contribution is -0.177. The highest BCUT2D eigenvalue weighted by molar-refractivity contribution is 5.12. The van der Waals surface area contributed by atoms with Crippen molar-refractivity contribution in [1.82, 2.24) is 0 Å². The number of hydrogen-bond donors (Lipinski definition) is 3. The zero-order valence-corrected chi connectivity index (χ0v) is 14.9. The molecule has 3 N–H and O–H groups in total. The molecule has 4 rings (SSSR count). The SMILES string of the molecule is C[C@@H]1C[C@H]2[C@@H]3[C@@H](O)C[C@H]4C[C@H](O)CC[C@]4(C)[C@H]3CC[C@]2(C)[C@H]1O. The molecule has 0 aliphatic heterocycles. The second-order valence-electron chi connectivity index (χ2n) is 9.93. The van der Waals surface area contributed by atoms with Gasteiger partial charge in [0.1, 0.15) is 0 Å². The molecule has 0 bridgehead atoms. The van der Waals surface area contributed by atoms with Crippen LogP contribution in [0.5, 0.6) is 0 Å². The molecule has 23 heavy (non-hydrogen) atoms. The van der Waals surface area contributed by atoms with Gasteiger partial charge in [-0.1, -0.05) is 20.8 Å². The lowest BCUT2D eigenvalue weighted by atomic mass is 9.44. The van der Waals surface area contributed by atoms with E-state index < -0.39 is 0 Å². The molecule has 4 aliphatic rings. The second-order valence-corrected chi connectivity index (χ2v) is 9.93. The molecule has 0 unspecified atom stereocenters. The minimum absolute atomic E-state index is 0.00105.